The fourth-order valence-corrected chi connectivity index (χ4v) is 2.99. The molecule has 1 unspecified atom stereocenters. The standard InChI is InChI=1S/C16H23N5O2.CH2O2/c22-16(6-3-9-21-13-17-12-19-21)18-11-14(15-5-4-10-23-15)20-7-1-2-8-20;2-1-3/h4-5,10,12-14H,1-3,6-9,11H2,(H,18,22);1H,(H,2,3). The number of amides is 1. The largest absolute Gasteiger partial charge is 0.483 e. The highest BCUT2D eigenvalue weighted by Gasteiger charge is 2.25. The molecule has 9 nitrogen and oxygen atoms in total. The molecule has 2 aromatic rings. The lowest BCUT2D eigenvalue weighted by Crippen LogP contribution is -2.36. The van der Waals surface area contributed by atoms with Crippen molar-refractivity contribution in [3.63, 3.8) is 0 Å². The summed E-state index contributed by atoms with van der Waals surface area (Å²) in [6.07, 6.45) is 8.53. The molecule has 0 radical (unpaired) electrons. The maximum Gasteiger partial charge on any atom is 0.290 e. The lowest BCUT2D eigenvalue weighted by molar-refractivity contribution is -0.123. The summed E-state index contributed by atoms with van der Waals surface area (Å²) in [6, 6.07) is 4.02. The van der Waals surface area contributed by atoms with Gasteiger partial charge in [0.2, 0.25) is 5.91 Å². The van der Waals surface area contributed by atoms with E-state index in [1.165, 1.54) is 19.2 Å². The van der Waals surface area contributed by atoms with Crippen LogP contribution in [0.3, 0.4) is 0 Å². The van der Waals surface area contributed by atoms with Gasteiger partial charge in [0.05, 0.1) is 12.3 Å². The maximum atomic E-state index is 12.1. The van der Waals surface area contributed by atoms with Crippen molar-refractivity contribution in [1.29, 1.82) is 0 Å². The molecule has 3 rings (SSSR count). The second kappa shape index (κ2) is 11.0. The average Bonchev–Trinajstić information content (AvgIpc) is 3.40. The molecule has 0 aliphatic carbocycles. The van der Waals surface area contributed by atoms with Gasteiger partial charge in [-0.3, -0.25) is 19.2 Å². The first kappa shape index (κ1) is 19.6. The average molecular weight is 363 g/mol. The fourth-order valence-electron chi connectivity index (χ4n) is 2.99. The Kier molecular flexibility index (Phi) is 8.34. The zero-order chi connectivity index (χ0) is 18.6. The van der Waals surface area contributed by atoms with E-state index in [1.54, 1.807) is 17.3 Å². The van der Waals surface area contributed by atoms with E-state index in [9.17, 15) is 4.79 Å². The number of furan rings is 1. The second-order valence-electron chi connectivity index (χ2n) is 5.95. The molecular formula is C17H25N5O4. The summed E-state index contributed by atoms with van der Waals surface area (Å²) >= 11 is 0. The zero-order valence-electron chi connectivity index (χ0n) is 14.7. The monoisotopic (exact) mass is 363 g/mol. The molecule has 142 valence electrons. The van der Waals surface area contributed by atoms with E-state index in [4.69, 9.17) is 14.3 Å². The first-order valence-electron chi connectivity index (χ1n) is 8.69. The molecule has 0 saturated carbocycles. The second-order valence-corrected chi connectivity index (χ2v) is 5.95. The predicted octanol–water partition coefficient (Wildman–Crippen LogP) is 1.31. The normalized spacial score (nSPS) is 15.1. The van der Waals surface area contributed by atoms with Gasteiger partial charge in [0.1, 0.15) is 18.4 Å². The van der Waals surface area contributed by atoms with Gasteiger partial charge in [-0.1, -0.05) is 0 Å². The highest BCUT2D eigenvalue weighted by atomic mass is 16.3. The lowest BCUT2D eigenvalue weighted by atomic mass is 10.2. The number of hydrogen-bond donors (Lipinski definition) is 2. The fraction of sp³-hybridized carbons (Fsp3) is 0.529. The molecule has 0 spiro atoms. The van der Waals surface area contributed by atoms with Gasteiger partial charge >= 0.3 is 0 Å². The lowest BCUT2D eigenvalue weighted by Gasteiger charge is -2.26. The van der Waals surface area contributed by atoms with Crippen LogP contribution in [-0.2, 0) is 16.1 Å². The summed E-state index contributed by atoms with van der Waals surface area (Å²) < 4.78 is 7.30. The molecule has 2 aromatic heterocycles. The van der Waals surface area contributed by atoms with Crippen molar-refractivity contribution in [2.24, 2.45) is 0 Å². The molecular weight excluding hydrogens is 338 g/mol. The summed E-state index contributed by atoms with van der Waals surface area (Å²) in [4.78, 5) is 26.7. The first-order valence-corrected chi connectivity index (χ1v) is 8.69. The van der Waals surface area contributed by atoms with Crippen LogP contribution >= 0.6 is 0 Å². The van der Waals surface area contributed by atoms with Gasteiger partial charge in [-0.05, 0) is 44.5 Å². The van der Waals surface area contributed by atoms with Crippen LogP contribution in [0.5, 0.6) is 0 Å². The number of nitrogens with zero attached hydrogens (tertiary/aromatic N) is 4. The van der Waals surface area contributed by atoms with Crippen molar-refractivity contribution in [1.82, 2.24) is 25.0 Å². The van der Waals surface area contributed by atoms with E-state index in [0.29, 0.717) is 19.5 Å². The van der Waals surface area contributed by atoms with E-state index in [-0.39, 0.29) is 18.4 Å². The number of aromatic nitrogens is 3. The number of likely N-dealkylation sites (tertiary alicyclic amines) is 1. The van der Waals surface area contributed by atoms with Crippen LogP contribution in [0.2, 0.25) is 0 Å². The Hall–Kier alpha value is -2.68. The molecule has 2 N–H and O–H groups in total. The molecule has 26 heavy (non-hydrogen) atoms. The smallest absolute Gasteiger partial charge is 0.290 e. The minimum absolute atomic E-state index is 0.0702. The molecule has 1 aliphatic rings. The molecule has 0 aromatic carbocycles. The number of carbonyl (C=O) groups is 2. The van der Waals surface area contributed by atoms with Crippen molar-refractivity contribution >= 4 is 12.4 Å². The molecule has 1 saturated heterocycles. The van der Waals surface area contributed by atoms with Crippen LogP contribution < -0.4 is 5.32 Å². The van der Waals surface area contributed by atoms with Crippen molar-refractivity contribution in [2.75, 3.05) is 19.6 Å². The number of carboxylic acid groups (broad SMARTS) is 1. The van der Waals surface area contributed by atoms with E-state index in [2.05, 4.69) is 20.3 Å². The highest BCUT2D eigenvalue weighted by Crippen LogP contribution is 2.24. The molecule has 1 aliphatic heterocycles. The topological polar surface area (TPSA) is 113 Å². The van der Waals surface area contributed by atoms with Crippen LogP contribution in [0.15, 0.2) is 35.5 Å². The Bertz CT molecular complexity index is 624. The van der Waals surface area contributed by atoms with Crippen molar-refractivity contribution in [3.05, 3.63) is 36.8 Å². The first-order chi connectivity index (χ1) is 12.7. The summed E-state index contributed by atoms with van der Waals surface area (Å²) in [5.41, 5.74) is 0. The van der Waals surface area contributed by atoms with Gasteiger partial charge in [-0.15, -0.1) is 0 Å². The summed E-state index contributed by atoms with van der Waals surface area (Å²) in [5.74, 6) is 0.996. The molecule has 9 heteroatoms. The van der Waals surface area contributed by atoms with Gasteiger partial charge in [0.25, 0.3) is 6.47 Å². The number of nitrogens with one attached hydrogen (secondary N) is 1. The van der Waals surface area contributed by atoms with Crippen LogP contribution in [0.25, 0.3) is 0 Å². The Morgan fingerprint density at radius 3 is 2.81 bits per heavy atom. The Balaban J connectivity index is 0.000000758. The molecule has 0 bridgehead atoms. The van der Waals surface area contributed by atoms with Gasteiger partial charge in [0, 0.05) is 19.5 Å². The third kappa shape index (κ3) is 6.32. The molecule has 3 heterocycles. The molecule has 1 atom stereocenters. The Morgan fingerprint density at radius 2 is 2.19 bits per heavy atom. The SMILES string of the molecule is O=C(CCCn1cncn1)NCC(c1ccco1)N1CCCC1.O=CO. The number of hydrogen-bond acceptors (Lipinski definition) is 6. The third-order valence-corrected chi connectivity index (χ3v) is 4.20. The summed E-state index contributed by atoms with van der Waals surface area (Å²) in [7, 11) is 0. The third-order valence-electron chi connectivity index (χ3n) is 4.20. The van der Waals surface area contributed by atoms with Gasteiger partial charge in [0.15, 0.2) is 0 Å². The summed E-state index contributed by atoms with van der Waals surface area (Å²) in [5, 5.41) is 14.0. The summed E-state index contributed by atoms with van der Waals surface area (Å²) in [6.45, 7) is 3.18. The van der Waals surface area contributed by atoms with E-state index >= 15 is 0 Å². The van der Waals surface area contributed by atoms with Crippen LogP contribution in [0.1, 0.15) is 37.5 Å². The quantitative estimate of drug-likeness (QED) is 0.680. The predicted molar refractivity (Wildman–Crippen MR) is 93.2 cm³/mol. The van der Waals surface area contributed by atoms with E-state index in [1.807, 2.05) is 12.1 Å². The number of carbonyl (C=O) groups excluding carboxylic acids is 1. The molecule has 1 amide bonds. The zero-order valence-corrected chi connectivity index (χ0v) is 14.7. The minimum Gasteiger partial charge on any atom is -0.483 e. The molecule has 1 fully saturated rings. The van der Waals surface area contributed by atoms with Gasteiger partial charge in [-0.2, -0.15) is 5.10 Å². The van der Waals surface area contributed by atoms with E-state index in [0.717, 1.165) is 25.3 Å². The highest BCUT2D eigenvalue weighted by molar-refractivity contribution is 5.75. The van der Waals surface area contributed by atoms with Crippen molar-refractivity contribution < 1.29 is 19.1 Å². The number of aryl methyl sites for hydroxylation is 1. The van der Waals surface area contributed by atoms with E-state index < -0.39 is 0 Å². The Labute approximate surface area is 152 Å². The Morgan fingerprint density at radius 1 is 1.42 bits per heavy atom. The van der Waals surface area contributed by atoms with Crippen molar-refractivity contribution in [3.8, 4) is 0 Å². The van der Waals surface area contributed by atoms with Crippen molar-refractivity contribution in [2.45, 2.75) is 38.3 Å². The van der Waals surface area contributed by atoms with Gasteiger partial charge < -0.3 is 14.8 Å². The van der Waals surface area contributed by atoms with Crippen LogP contribution in [0, 0.1) is 0 Å². The number of rotatable bonds is 8. The minimum atomic E-state index is -0.250. The van der Waals surface area contributed by atoms with Crippen LogP contribution in [-0.4, -0.2) is 56.8 Å². The van der Waals surface area contributed by atoms with Gasteiger partial charge in [-0.25, -0.2) is 4.98 Å². The maximum absolute atomic E-state index is 12.1. The van der Waals surface area contributed by atoms with Crippen LogP contribution in [0.4, 0.5) is 0 Å².